The first-order valence-corrected chi connectivity index (χ1v) is 8.21. The minimum atomic E-state index is 0.372. The van der Waals surface area contributed by atoms with E-state index < -0.39 is 0 Å². The second-order valence-corrected chi connectivity index (χ2v) is 6.70. The van der Waals surface area contributed by atoms with Gasteiger partial charge in [0.05, 0.1) is 10.2 Å². The Bertz CT molecular complexity index is 642. The molecule has 1 N–H and O–H groups in total. The molecule has 3 nitrogen and oxygen atoms in total. The maximum Gasteiger partial charge on any atom is 0.144 e. The average Bonchev–Trinajstić information content (AvgIpc) is 2.91. The minimum Gasteiger partial charge on any atom is -0.372 e. The molecule has 1 heterocycles. The fourth-order valence-corrected chi connectivity index (χ4v) is 3.79. The molecular weight excluding hydrogens is 326 g/mol. The van der Waals surface area contributed by atoms with Gasteiger partial charge in [-0.25, -0.2) is 9.97 Å². The van der Waals surface area contributed by atoms with Crippen LogP contribution >= 0.6 is 15.9 Å². The molecule has 1 aromatic heterocycles. The van der Waals surface area contributed by atoms with Gasteiger partial charge in [-0.1, -0.05) is 38.1 Å². The normalized spacial score (nSPS) is 14.5. The third-order valence-electron chi connectivity index (χ3n) is 4.09. The Kier molecular flexibility index (Phi) is 3.98. The summed E-state index contributed by atoms with van der Waals surface area (Å²) < 4.78 is 0.985. The molecule has 0 fully saturated rings. The van der Waals surface area contributed by atoms with E-state index in [0.29, 0.717) is 11.8 Å². The van der Waals surface area contributed by atoms with Gasteiger partial charge in [-0.05, 0) is 45.8 Å². The molecule has 0 amide bonds. The number of nitrogens with one attached hydrogen (secondary N) is 1. The van der Waals surface area contributed by atoms with Crippen molar-refractivity contribution in [1.29, 1.82) is 0 Å². The molecule has 0 unspecified atom stereocenters. The van der Waals surface area contributed by atoms with Crippen LogP contribution in [0.15, 0.2) is 28.7 Å². The Balaban J connectivity index is 1.99. The van der Waals surface area contributed by atoms with E-state index in [1.807, 2.05) is 7.05 Å². The van der Waals surface area contributed by atoms with Crippen LogP contribution < -0.4 is 5.32 Å². The number of hydrogen-bond donors (Lipinski definition) is 1. The molecule has 3 rings (SSSR count). The fraction of sp³-hybridized carbons (Fsp3) is 0.412. The highest BCUT2D eigenvalue weighted by atomic mass is 79.9. The molecule has 0 atom stereocenters. The van der Waals surface area contributed by atoms with Crippen molar-refractivity contribution < 1.29 is 0 Å². The fourth-order valence-electron chi connectivity index (χ4n) is 2.95. The number of aromatic nitrogens is 2. The van der Waals surface area contributed by atoms with Crippen LogP contribution in [0.2, 0.25) is 0 Å². The Morgan fingerprint density at radius 1 is 1.14 bits per heavy atom. The van der Waals surface area contributed by atoms with E-state index in [4.69, 9.17) is 9.97 Å². The summed E-state index contributed by atoms with van der Waals surface area (Å²) in [5, 5.41) is 3.18. The van der Waals surface area contributed by atoms with E-state index in [1.54, 1.807) is 0 Å². The van der Waals surface area contributed by atoms with E-state index in [-0.39, 0.29) is 0 Å². The average molecular weight is 346 g/mol. The first-order valence-electron chi connectivity index (χ1n) is 7.42. The summed E-state index contributed by atoms with van der Waals surface area (Å²) in [6, 6.07) is 8.66. The molecule has 1 aromatic carbocycles. The maximum atomic E-state index is 4.85. The van der Waals surface area contributed by atoms with Gasteiger partial charge in [0, 0.05) is 13.0 Å². The highest BCUT2D eigenvalue weighted by Gasteiger charge is 2.26. The Morgan fingerprint density at radius 2 is 1.76 bits per heavy atom. The van der Waals surface area contributed by atoms with Crippen LogP contribution in [0.25, 0.3) is 0 Å². The molecule has 21 heavy (non-hydrogen) atoms. The number of halogens is 1. The van der Waals surface area contributed by atoms with Gasteiger partial charge < -0.3 is 5.32 Å². The third kappa shape index (κ3) is 2.69. The zero-order valence-electron chi connectivity index (χ0n) is 12.7. The van der Waals surface area contributed by atoms with Crippen LogP contribution in [0, 0.1) is 0 Å². The van der Waals surface area contributed by atoms with Gasteiger partial charge in [-0.3, -0.25) is 0 Å². The predicted molar refractivity (Wildman–Crippen MR) is 90.0 cm³/mol. The molecule has 0 spiro atoms. The van der Waals surface area contributed by atoms with Crippen LogP contribution in [0.3, 0.4) is 0 Å². The van der Waals surface area contributed by atoms with Crippen LogP contribution in [-0.2, 0) is 12.8 Å². The van der Waals surface area contributed by atoms with Crippen molar-refractivity contribution in [1.82, 2.24) is 9.97 Å². The number of benzene rings is 1. The van der Waals surface area contributed by atoms with E-state index in [2.05, 4.69) is 59.4 Å². The molecule has 1 aliphatic rings. The van der Waals surface area contributed by atoms with Crippen molar-refractivity contribution in [3.05, 3.63) is 51.4 Å². The van der Waals surface area contributed by atoms with Gasteiger partial charge in [0.1, 0.15) is 11.6 Å². The molecule has 0 radical (unpaired) electrons. The Labute approximate surface area is 134 Å². The number of rotatable bonds is 3. The number of anilines is 1. The quantitative estimate of drug-likeness (QED) is 0.901. The van der Waals surface area contributed by atoms with Crippen molar-refractivity contribution >= 4 is 21.7 Å². The SMILES string of the molecule is CNc1nc(C2Cc3ccccc3C2)nc(C(C)C)c1Br. The van der Waals surface area contributed by atoms with Gasteiger partial charge in [0.2, 0.25) is 0 Å². The van der Waals surface area contributed by atoms with Gasteiger partial charge in [0.15, 0.2) is 0 Å². The summed E-state index contributed by atoms with van der Waals surface area (Å²) in [7, 11) is 1.91. The summed E-state index contributed by atoms with van der Waals surface area (Å²) >= 11 is 3.63. The van der Waals surface area contributed by atoms with Crippen molar-refractivity contribution in [3.8, 4) is 0 Å². The maximum absolute atomic E-state index is 4.85. The summed E-state index contributed by atoms with van der Waals surface area (Å²) in [5.74, 6) is 2.61. The Hall–Kier alpha value is -1.42. The molecule has 0 bridgehead atoms. The first-order chi connectivity index (χ1) is 10.1. The van der Waals surface area contributed by atoms with Crippen molar-refractivity contribution in [2.45, 2.75) is 38.5 Å². The van der Waals surface area contributed by atoms with Crippen LogP contribution in [0.5, 0.6) is 0 Å². The molecule has 2 aromatic rings. The van der Waals surface area contributed by atoms with E-state index in [9.17, 15) is 0 Å². The van der Waals surface area contributed by atoms with Crippen molar-refractivity contribution in [2.24, 2.45) is 0 Å². The smallest absolute Gasteiger partial charge is 0.144 e. The lowest BCUT2D eigenvalue weighted by atomic mass is 10.0. The molecule has 0 saturated heterocycles. The van der Waals surface area contributed by atoms with E-state index in [1.165, 1.54) is 11.1 Å². The van der Waals surface area contributed by atoms with E-state index in [0.717, 1.165) is 34.7 Å². The predicted octanol–water partition coefficient (Wildman–Crippen LogP) is 4.29. The lowest BCUT2D eigenvalue weighted by Gasteiger charge is -2.16. The van der Waals surface area contributed by atoms with Gasteiger partial charge in [-0.15, -0.1) is 0 Å². The summed E-state index contributed by atoms with van der Waals surface area (Å²) in [6.45, 7) is 4.33. The first kappa shape index (κ1) is 14.5. The largest absolute Gasteiger partial charge is 0.372 e. The van der Waals surface area contributed by atoms with Crippen LogP contribution in [0.1, 0.15) is 48.3 Å². The lowest BCUT2D eigenvalue weighted by Crippen LogP contribution is -2.11. The third-order valence-corrected chi connectivity index (χ3v) is 4.88. The summed E-state index contributed by atoms with van der Waals surface area (Å²) in [4.78, 5) is 9.58. The van der Waals surface area contributed by atoms with Gasteiger partial charge >= 0.3 is 0 Å². The van der Waals surface area contributed by atoms with Crippen molar-refractivity contribution in [2.75, 3.05) is 12.4 Å². The molecule has 0 aliphatic heterocycles. The van der Waals surface area contributed by atoms with Gasteiger partial charge in [0.25, 0.3) is 0 Å². The molecule has 110 valence electrons. The summed E-state index contributed by atoms with van der Waals surface area (Å²) in [6.07, 6.45) is 2.08. The number of nitrogens with zero attached hydrogens (tertiary/aromatic N) is 2. The highest BCUT2D eigenvalue weighted by Crippen LogP contribution is 2.35. The van der Waals surface area contributed by atoms with E-state index >= 15 is 0 Å². The molecular formula is C17H20BrN3. The zero-order chi connectivity index (χ0) is 15.0. The highest BCUT2D eigenvalue weighted by molar-refractivity contribution is 9.10. The van der Waals surface area contributed by atoms with Crippen LogP contribution in [0.4, 0.5) is 5.82 Å². The number of hydrogen-bond acceptors (Lipinski definition) is 3. The monoisotopic (exact) mass is 345 g/mol. The lowest BCUT2D eigenvalue weighted by molar-refractivity contribution is 0.663. The molecule has 0 saturated carbocycles. The summed E-state index contributed by atoms with van der Waals surface area (Å²) in [5.41, 5.74) is 3.96. The van der Waals surface area contributed by atoms with Crippen molar-refractivity contribution in [3.63, 3.8) is 0 Å². The standard InChI is InChI=1S/C17H20BrN3/c1-10(2)15-14(18)17(19-3)21-16(20-15)13-8-11-6-4-5-7-12(11)9-13/h4-7,10,13H,8-9H2,1-3H3,(H,19,20,21). The minimum absolute atomic E-state index is 0.372. The molecule has 1 aliphatic carbocycles. The Morgan fingerprint density at radius 3 is 2.29 bits per heavy atom. The molecule has 4 heteroatoms. The number of fused-ring (bicyclic) bond motifs is 1. The zero-order valence-corrected chi connectivity index (χ0v) is 14.2. The van der Waals surface area contributed by atoms with Gasteiger partial charge in [-0.2, -0.15) is 0 Å². The second kappa shape index (κ2) is 5.76. The van der Waals surface area contributed by atoms with Crippen LogP contribution in [-0.4, -0.2) is 17.0 Å². The topological polar surface area (TPSA) is 37.8 Å². The second-order valence-electron chi connectivity index (χ2n) is 5.91.